The minimum absolute atomic E-state index is 0.0399. The van der Waals surface area contributed by atoms with Gasteiger partial charge in [-0.3, -0.25) is 9.69 Å². The summed E-state index contributed by atoms with van der Waals surface area (Å²) in [4.78, 5) is 17.9. The van der Waals surface area contributed by atoms with Gasteiger partial charge in [-0.1, -0.05) is 0 Å². The van der Waals surface area contributed by atoms with Crippen molar-refractivity contribution in [2.24, 2.45) is 0 Å². The molecule has 0 unspecified atom stereocenters. The van der Waals surface area contributed by atoms with Crippen LogP contribution in [0.2, 0.25) is 5.28 Å². The molecule has 1 amide bonds. The topological polar surface area (TPSA) is 59.4 Å². The number of carbonyl (C=O) groups is 1. The zero-order chi connectivity index (χ0) is 13.5. The summed E-state index contributed by atoms with van der Waals surface area (Å²) in [6.45, 7) is 5.49. The molecule has 0 spiro atoms. The molecule has 19 heavy (non-hydrogen) atoms. The lowest BCUT2D eigenvalue weighted by Gasteiger charge is -2.26. The number of morpholine rings is 1. The van der Waals surface area contributed by atoms with Crippen LogP contribution in [0.4, 0.5) is 0 Å². The van der Waals surface area contributed by atoms with Crippen LogP contribution in [0, 0.1) is 0 Å². The van der Waals surface area contributed by atoms with E-state index in [4.69, 9.17) is 16.3 Å². The molecule has 0 radical (unpaired) electrons. The minimum atomic E-state index is -0.0399. The highest BCUT2D eigenvalue weighted by molar-refractivity contribution is 6.28. The number of aromatic nitrogens is 2. The van der Waals surface area contributed by atoms with Gasteiger partial charge in [-0.25, -0.2) is 4.98 Å². The van der Waals surface area contributed by atoms with Crippen LogP contribution in [0.15, 0.2) is 12.4 Å². The van der Waals surface area contributed by atoms with Gasteiger partial charge in [0.2, 0.25) is 11.2 Å². The SMILES string of the molecule is O=C(Cn1ccnc1Cl)NCCCN1CCOCC1. The van der Waals surface area contributed by atoms with E-state index in [0.717, 1.165) is 39.3 Å². The lowest BCUT2D eigenvalue weighted by atomic mass is 10.3. The molecule has 1 fully saturated rings. The third kappa shape index (κ3) is 4.81. The van der Waals surface area contributed by atoms with Gasteiger partial charge in [-0.05, 0) is 24.6 Å². The van der Waals surface area contributed by atoms with E-state index in [1.54, 1.807) is 17.0 Å². The van der Waals surface area contributed by atoms with Crippen molar-refractivity contribution < 1.29 is 9.53 Å². The maximum Gasteiger partial charge on any atom is 0.240 e. The first-order valence-electron chi connectivity index (χ1n) is 6.49. The van der Waals surface area contributed by atoms with Gasteiger partial charge in [0.05, 0.1) is 13.2 Å². The number of rotatable bonds is 6. The molecule has 0 bridgehead atoms. The average Bonchev–Trinajstić information content (AvgIpc) is 2.82. The number of halogens is 1. The maximum absolute atomic E-state index is 11.7. The van der Waals surface area contributed by atoms with Gasteiger partial charge < -0.3 is 14.6 Å². The van der Waals surface area contributed by atoms with Gasteiger partial charge in [0.15, 0.2) is 0 Å². The fourth-order valence-corrected chi connectivity index (χ4v) is 2.17. The fraction of sp³-hybridized carbons (Fsp3) is 0.667. The Kier molecular flexibility index (Phi) is 5.62. The summed E-state index contributed by atoms with van der Waals surface area (Å²) in [5.41, 5.74) is 0. The number of nitrogens with zero attached hydrogens (tertiary/aromatic N) is 3. The van der Waals surface area contributed by atoms with Crippen molar-refractivity contribution in [1.82, 2.24) is 19.8 Å². The third-order valence-electron chi connectivity index (χ3n) is 3.06. The van der Waals surface area contributed by atoms with Crippen molar-refractivity contribution in [2.75, 3.05) is 39.4 Å². The Morgan fingerprint density at radius 1 is 1.47 bits per heavy atom. The van der Waals surface area contributed by atoms with E-state index in [-0.39, 0.29) is 12.5 Å². The molecule has 1 aromatic heterocycles. The second kappa shape index (κ2) is 7.47. The highest BCUT2D eigenvalue weighted by Crippen LogP contribution is 2.03. The van der Waals surface area contributed by atoms with Crippen molar-refractivity contribution in [3.8, 4) is 0 Å². The fourth-order valence-electron chi connectivity index (χ4n) is 1.99. The van der Waals surface area contributed by atoms with E-state index in [1.165, 1.54) is 0 Å². The van der Waals surface area contributed by atoms with Crippen molar-refractivity contribution in [1.29, 1.82) is 0 Å². The molecule has 0 atom stereocenters. The van der Waals surface area contributed by atoms with Gasteiger partial charge in [0.1, 0.15) is 6.54 Å². The van der Waals surface area contributed by atoms with Crippen LogP contribution in [0.5, 0.6) is 0 Å². The molecule has 1 aromatic rings. The molecule has 0 aliphatic carbocycles. The Hall–Kier alpha value is -1.11. The number of amides is 1. The summed E-state index contributed by atoms with van der Waals surface area (Å²) >= 11 is 5.80. The van der Waals surface area contributed by atoms with Gasteiger partial charge in [0, 0.05) is 32.0 Å². The lowest BCUT2D eigenvalue weighted by molar-refractivity contribution is -0.121. The summed E-state index contributed by atoms with van der Waals surface area (Å²) in [5, 5.41) is 3.22. The quantitative estimate of drug-likeness (QED) is 0.768. The van der Waals surface area contributed by atoms with Crippen molar-refractivity contribution in [2.45, 2.75) is 13.0 Å². The van der Waals surface area contributed by atoms with E-state index < -0.39 is 0 Å². The second-order valence-electron chi connectivity index (χ2n) is 4.48. The lowest BCUT2D eigenvalue weighted by Crippen LogP contribution is -2.38. The zero-order valence-corrected chi connectivity index (χ0v) is 11.6. The van der Waals surface area contributed by atoms with E-state index in [9.17, 15) is 4.79 Å². The number of carbonyl (C=O) groups excluding carboxylic acids is 1. The largest absolute Gasteiger partial charge is 0.379 e. The Labute approximate surface area is 117 Å². The predicted molar refractivity (Wildman–Crippen MR) is 72.1 cm³/mol. The molecule has 6 nitrogen and oxygen atoms in total. The van der Waals surface area contributed by atoms with Crippen molar-refractivity contribution >= 4 is 17.5 Å². The van der Waals surface area contributed by atoms with Gasteiger partial charge in [-0.2, -0.15) is 0 Å². The van der Waals surface area contributed by atoms with Crippen LogP contribution in [0.3, 0.4) is 0 Å². The van der Waals surface area contributed by atoms with E-state index in [2.05, 4.69) is 15.2 Å². The number of ether oxygens (including phenoxy) is 1. The molecule has 1 N–H and O–H groups in total. The Morgan fingerprint density at radius 3 is 2.95 bits per heavy atom. The Bertz CT molecular complexity index is 404. The van der Waals surface area contributed by atoms with Crippen LogP contribution in [0.25, 0.3) is 0 Å². The normalized spacial score (nSPS) is 16.5. The maximum atomic E-state index is 11.7. The van der Waals surface area contributed by atoms with Crippen molar-refractivity contribution in [3.05, 3.63) is 17.7 Å². The second-order valence-corrected chi connectivity index (χ2v) is 4.82. The standard InChI is InChI=1S/C12H19ClN4O2/c13-12-15-3-5-17(12)10-11(18)14-2-1-4-16-6-8-19-9-7-16/h3,5H,1-2,4,6-10H2,(H,14,18). The van der Waals surface area contributed by atoms with Crippen LogP contribution in [-0.2, 0) is 16.1 Å². The summed E-state index contributed by atoms with van der Waals surface area (Å²) < 4.78 is 6.89. The predicted octanol–water partition coefficient (Wildman–Crippen LogP) is 0.375. The number of hydrogen-bond donors (Lipinski definition) is 1. The molecule has 1 aliphatic rings. The molecule has 106 valence electrons. The molecule has 1 saturated heterocycles. The Morgan fingerprint density at radius 2 is 2.26 bits per heavy atom. The van der Waals surface area contributed by atoms with Gasteiger partial charge in [-0.15, -0.1) is 0 Å². The first-order chi connectivity index (χ1) is 9.25. The van der Waals surface area contributed by atoms with E-state index in [1.807, 2.05) is 0 Å². The third-order valence-corrected chi connectivity index (χ3v) is 3.37. The van der Waals surface area contributed by atoms with Crippen LogP contribution in [0.1, 0.15) is 6.42 Å². The molecule has 0 aromatic carbocycles. The number of nitrogens with one attached hydrogen (secondary N) is 1. The highest BCUT2D eigenvalue weighted by atomic mass is 35.5. The summed E-state index contributed by atoms with van der Waals surface area (Å²) in [5.74, 6) is -0.0399. The monoisotopic (exact) mass is 286 g/mol. The smallest absolute Gasteiger partial charge is 0.240 e. The summed E-state index contributed by atoms with van der Waals surface area (Å²) in [7, 11) is 0. The van der Waals surface area contributed by atoms with E-state index in [0.29, 0.717) is 11.8 Å². The minimum Gasteiger partial charge on any atom is -0.379 e. The van der Waals surface area contributed by atoms with Crippen LogP contribution < -0.4 is 5.32 Å². The molecule has 2 rings (SSSR count). The highest BCUT2D eigenvalue weighted by Gasteiger charge is 2.10. The number of hydrogen-bond acceptors (Lipinski definition) is 4. The van der Waals surface area contributed by atoms with Crippen LogP contribution >= 0.6 is 11.6 Å². The first kappa shape index (κ1) is 14.3. The molecule has 7 heteroatoms. The summed E-state index contributed by atoms with van der Waals surface area (Å²) in [6.07, 6.45) is 4.22. The van der Waals surface area contributed by atoms with E-state index >= 15 is 0 Å². The van der Waals surface area contributed by atoms with Gasteiger partial charge in [0.25, 0.3) is 0 Å². The molecule has 0 saturated carbocycles. The number of imidazole rings is 1. The molecular weight excluding hydrogens is 268 g/mol. The first-order valence-corrected chi connectivity index (χ1v) is 6.87. The average molecular weight is 287 g/mol. The molecule has 2 heterocycles. The molecule has 1 aliphatic heterocycles. The van der Waals surface area contributed by atoms with Crippen LogP contribution in [-0.4, -0.2) is 59.8 Å². The Balaban J connectivity index is 1.57. The molecular formula is C12H19ClN4O2. The van der Waals surface area contributed by atoms with Gasteiger partial charge >= 0.3 is 0 Å². The summed E-state index contributed by atoms with van der Waals surface area (Å²) in [6, 6.07) is 0. The zero-order valence-electron chi connectivity index (χ0n) is 10.8. The van der Waals surface area contributed by atoms with Crippen molar-refractivity contribution in [3.63, 3.8) is 0 Å².